The Morgan fingerprint density at radius 1 is 1.44 bits per heavy atom. The third-order valence-electron chi connectivity index (χ3n) is 3.72. The van der Waals surface area contributed by atoms with Gasteiger partial charge in [-0.25, -0.2) is 0 Å². The Balaban J connectivity index is 2.02. The number of benzene rings is 1. The Kier molecular flexibility index (Phi) is 2.75. The van der Waals surface area contributed by atoms with Gasteiger partial charge in [-0.05, 0) is 17.7 Å². The SMILES string of the molecule is CN1C(=O)COc2ccc(C3(CS)COC3)cc21. The van der Waals surface area contributed by atoms with Crippen molar-refractivity contribution in [2.24, 2.45) is 0 Å². The molecular formula is C13H15NO3S. The van der Waals surface area contributed by atoms with E-state index >= 15 is 0 Å². The van der Waals surface area contributed by atoms with Gasteiger partial charge < -0.3 is 14.4 Å². The minimum atomic E-state index is -0.0237. The van der Waals surface area contributed by atoms with Crippen molar-refractivity contribution in [3.8, 4) is 5.75 Å². The van der Waals surface area contributed by atoms with E-state index in [1.165, 1.54) is 0 Å². The first-order chi connectivity index (χ1) is 8.66. The van der Waals surface area contributed by atoms with E-state index in [1.54, 1.807) is 11.9 Å². The standard InChI is InChI=1S/C13H15NO3S/c1-14-10-4-9(13(8-18)6-16-7-13)2-3-11(10)17-5-12(14)15/h2-4,18H,5-8H2,1H3. The molecule has 3 rings (SSSR count). The van der Waals surface area contributed by atoms with Gasteiger partial charge in [0.25, 0.3) is 5.91 Å². The van der Waals surface area contributed by atoms with Crippen molar-refractivity contribution in [3.05, 3.63) is 23.8 Å². The molecule has 0 aliphatic carbocycles. The lowest BCUT2D eigenvalue weighted by atomic mass is 9.80. The first kappa shape index (κ1) is 11.9. The van der Waals surface area contributed by atoms with Crippen molar-refractivity contribution in [1.82, 2.24) is 0 Å². The molecule has 0 unspecified atom stereocenters. The van der Waals surface area contributed by atoms with E-state index in [1.807, 2.05) is 18.2 Å². The summed E-state index contributed by atoms with van der Waals surface area (Å²) in [6, 6.07) is 5.99. The molecule has 1 amide bonds. The smallest absolute Gasteiger partial charge is 0.264 e. The third-order valence-corrected chi connectivity index (χ3v) is 4.32. The van der Waals surface area contributed by atoms with Crippen LogP contribution in [0.4, 0.5) is 5.69 Å². The fraction of sp³-hybridized carbons (Fsp3) is 0.462. The van der Waals surface area contributed by atoms with E-state index in [4.69, 9.17) is 9.47 Å². The molecular weight excluding hydrogens is 250 g/mol. The monoisotopic (exact) mass is 265 g/mol. The Labute approximate surface area is 111 Å². The predicted octanol–water partition coefficient (Wildman–Crippen LogP) is 1.24. The quantitative estimate of drug-likeness (QED) is 0.818. The van der Waals surface area contributed by atoms with Gasteiger partial charge in [0, 0.05) is 12.8 Å². The lowest BCUT2D eigenvalue weighted by Crippen LogP contribution is -2.48. The summed E-state index contributed by atoms with van der Waals surface area (Å²) in [4.78, 5) is 13.3. The maximum Gasteiger partial charge on any atom is 0.264 e. The first-order valence-electron chi connectivity index (χ1n) is 5.89. The zero-order chi connectivity index (χ0) is 12.8. The van der Waals surface area contributed by atoms with Crippen molar-refractivity contribution in [2.75, 3.05) is 37.5 Å². The third kappa shape index (κ3) is 1.61. The topological polar surface area (TPSA) is 38.8 Å². The maximum absolute atomic E-state index is 11.6. The number of carbonyl (C=O) groups excluding carboxylic acids is 1. The van der Waals surface area contributed by atoms with Crippen LogP contribution in [0.5, 0.6) is 5.75 Å². The number of thiol groups is 1. The molecule has 1 saturated heterocycles. The van der Waals surface area contributed by atoms with E-state index in [0.717, 1.165) is 22.8 Å². The highest BCUT2D eigenvalue weighted by atomic mass is 32.1. The van der Waals surface area contributed by atoms with Crippen LogP contribution < -0.4 is 9.64 Å². The van der Waals surface area contributed by atoms with Gasteiger partial charge in [-0.2, -0.15) is 12.6 Å². The molecule has 1 fully saturated rings. The van der Waals surface area contributed by atoms with Crippen LogP contribution in [0.15, 0.2) is 18.2 Å². The second-order valence-electron chi connectivity index (χ2n) is 4.86. The number of hydrogen-bond acceptors (Lipinski definition) is 4. The average Bonchev–Trinajstić information content (AvgIpc) is 2.34. The summed E-state index contributed by atoms with van der Waals surface area (Å²) in [6.07, 6.45) is 0. The number of fused-ring (bicyclic) bond motifs is 1. The molecule has 0 spiro atoms. The highest BCUT2D eigenvalue weighted by Gasteiger charge is 2.40. The maximum atomic E-state index is 11.6. The summed E-state index contributed by atoms with van der Waals surface area (Å²) in [5.74, 6) is 1.48. The van der Waals surface area contributed by atoms with Crippen LogP contribution in [-0.2, 0) is 14.9 Å². The molecule has 96 valence electrons. The molecule has 0 saturated carbocycles. The number of likely N-dealkylation sites (N-methyl/N-ethyl adjacent to an activating group) is 1. The fourth-order valence-electron chi connectivity index (χ4n) is 2.30. The van der Waals surface area contributed by atoms with Gasteiger partial charge in [-0.3, -0.25) is 4.79 Å². The average molecular weight is 265 g/mol. The second-order valence-corrected chi connectivity index (χ2v) is 5.17. The van der Waals surface area contributed by atoms with Gasteiger partial charge in [0.2, 0.25) is 0 Å². The molecule has 1 aromatic carbocycles. The van der Waals surface area contributed by atoms with Gasteiger partial charge >= 0.3 is 0 Å². The molecule has 18 heavy (non-hydrogen) atoms. The molecule has 0 atom stereocenters. The zero-order valence-electron chi connectivity index (χ0n) is 10.2. The molecule has 0 N–H and O–H groups in total. The second kappa shape index (κ2) is 4.17. The van der Waals surface area contributed by atoms with Gasteiger partial charge in [0.05, 0.1) is 24.3 Å². The minimum Gasteiger partial charge on any atom is -0.482 e. The summed E-state index contributed by atoms with van der Waals surface area (Å²) in [7, 11) is 1.78. The Morgan fingerprint density at radius 2 is 2.22 bits per heavy atom. The van der Waals surface area contributed by atoms with Crippen LogP contribution in [0.2, 0.25) is 0 Å². The van der Waals surface area contributed by atoms with Crippen molar-refractivity contribution in [3.63, 3.8) is 0 Å². The summed E-state index contributed by atoms with van der Waals surface area (Å²) in [6.45, 7) is 1.49. The largest absolute Gasteiger partial charge is 0.482 e. The van der Waals surface area contributed by atoms with Crippen LogP contribution in [0.25, 0.3) is 0 Å². The van der Waals surface area contributed by atoms with Gasteiger partial charge in [-0.1, -0.05) is 6.07 Å². The van der Waals surface area contributed by atoms with E-state index in [-0.39, 0.29) is 17.9 Å². The molecule has 0 bridgehead atoms. The number of hydrogen-bond donors (Lipinski definition) is 1. The number of anilines is 1. The number of rotatable bonds is 2. The fourth-order valence-corrected chi connectivity index (χ4v) is 2.66. The molecule has 4 nitrogen and oxygen atoms in total. The summed E-state index contributed by atoms with van der Waals surface area (Å²) >= 11 is 4.42. The molecule has 2 aliphatic heterocycles. The highest BCUT2D eigenvalue weighted by molar-refractivity contribution is 7.80. The normalized spacial score (nSPS) is 21.0. The Bertz CT molecular complexity index is 493. The molecule has 0 aromatic heterocycles. The molecule has 5 heteroatoms. The number of nitrogens with zero attached hydrogens (tertiary/aromatic N) is 1. The van der Waals surface area contributed by atoms with Crippen LogP contribution in [0.1, 0.15) is 5.56 Å². The summed E-state index contributed by atoms with van der Waals surface area (Å²) in [5, 5.41) is 0. The van der Waals surface area contributed by atoms with Crippen molar-refractivity contribution < 1.29 is 14.3 Å². The summed E-state index contributed by atoms with van der Waals surface area (Å²) < 4.78 is 10.7. The van der Waals surface area contributed by atoms with Crippen molar-refractivity contribution in [2.45, 2.75) is 5.41 Å². The number of ether oxygens (including phenoxy) is 2. The van der Waals surface area contributed by atoms with E-state index in [9.17, 15) is 4.79 Å². The van der Waals surface area contributed by atoms with E-state index in [2.05, 4.69) is 12.6 Å². The van der Waals surface area contributed by atoms with Gasteiger partial charge in [0.1, 0.15) is 5.75 Å². The van der Waals surface area contributed by atoms with Crippen LogP contribution in [-0.4, -0.2) is 38.5 Å². The van der Waals surface area contributed by atoms with Crippen LogP contribution >= 0.6 is 12.6 Å². The molecule has 2 aliphatic rings. The molecule has 0 radical (unpaired) electrons. The number of carbonyl (C=O) groups is 1. The van der Waals surface area contributed by atoms with Crippen LogP contribution in [0.3, 0.4) is 0 Å². The Morgan fingerprint density at radius 3 is 2.83 bits per heavy atom. The number of amides is 1. The molecule has 1 aromatic rings. The minimum absolute atomic E-state index is 0.0144. The van der Waals surface area contributed by atoms with Gasteiger partial charge in [0.15, 0.2) is 6.61 Å². The summed E-state index contributed by atoms with van der Waals surface area (Å²) in [5.41, 5.74) is 1.98. The lowest BCUT2D eigenvalue weighted by Gasteiger charge is -2.41. The van der Waals surface area contributed by atoms with Crippen LogP contribution in [0, 0.1) is 0 Å². The molecule has 2 heterocycles. The van der Waals surface area contributed by atoms with Gasteiger partial charge in [-0.15, -0.1) is 0 Å². The Hall–Kier alpha value is -1.20. The lowest BCUT2D eigenvalue weighted by molar-refractivity contribution is -0.120. The zero-order valence-corrected chi connectivity index (χ0v) is 11.1. The predicted molar refractivity (Wildman–Crippen MR) is 71.7 cm³/mol. The first-order valence-corrected chi connectivity index (χ1v) is 6.52. The van der Waals surface area contributed by atoms with E-state index < -0.39 is 0 Å². The van der Waals surface area contributed by atoms with E-state index in [0.29, 0.717) is 13.2 Å². The highest BCUT2D eigenvalue weighted by Crippen LogP contribution is 2.39. The van der Waals surface area contributed by atoms with Crippen molar-refractivity contribution >= 4 is 24.2 Å². The van der Waals surface area contributed by atoms with Crippen molar-refractivity contribution in [1.29, 1.82) is 0 Å².